The molecule has 194 valence electrons. The molecule has 3 aromatic carbocycles. The Balaban J connectivity index is 1.48. The summed E-state index contributed by atoms with van der Waals surface area (Å²) in [5.74, 6) is -0.414. The summed E-state index contributed by atoms with van der Waals surface area (Å²) >= 11 is 0. The molecular weight excluding hydrogens is 503 g/mol. The number of ether oxygens (including phenoxy) is 2. The molecule has 37 heavy (non-hydrogen) atoms. The molecule has 0 fully saturated rings. The molecule has 0 atom stereocenters. The second-order valence-electron chi connectivity index (χ2n) is 7.67. The molecule has 0 saturated heterocycles. The van der Waals surface area contributed by atoms with E-state index in [1.165, 1.54) is 18.3 Å². The van der Waals surface area contributed by atoms with Crippen LogP contribution in [0.1, 0.15) is 5.56 Å². The number of carbonyl (C=O) groups excluding carboxylic acids is 2. The monoisotopic (exact) mass is 528 g/mol. The molecule has 0 aliphatic carbocycles. The third-order valence-corrected chi connectivity index (χ3v) is 5.97. The summed E-state index contributed by atoms with van der Waals surface area (Å²) in [6.07, 6.45) is 2.31. The Bertz CT molecular complexity index is 1350. The maximum absolute atomic E-state index is 13.1. The Labute approximate surface area is 213 Å². The number of nitrogens with one attached hydrogen (secondary N) is 2. The highest BCUT2D eigenvalue weighted by Gasteiger charge is 2.20. The zero-order valence-corrected chi connectivity index (χ0v) is 20.9. The van der Waals surface area contributed by atoms with E-state index in [0.717, 1.165) is 22.7 Å². The number of benzene rings is 3. The fraction of sp³-hybridized carbons (Fsp3) is 0.160. The van der Waals surface area contributed by atoms with Crippen molar-refractivity contribution >= 4 is 39.4 Å². The minimum absolute atomic E-state index is 0.149. The van der Waals surface area contributed by atoms with E-state index in [0.29, 0.717) is 22.7 Å². The minimum Gasteiger partial charge on any atom is -0.497 e. The van der Waals surface area contributed by atoms with Gasteiger partial charge in [-0.05, 0) is 78.4 Å². The number of rotatable bonds is 11. The van der Waals surface area contributed by atoms with E-state index in [9.17, 15) is 22.4 Å². The fourth-order valence-electron chi connectivity index (χ4n) is 3.02. The van der Waals surface area contributed by atoms with Gasteiger partial charge in [-0.25, -0.2) is 18.2 Å². The van der Waals surface area contributed by atoms with E-state index in [4.69, 9.17) is 9.47 Å². The van der Waals surface area contributed by atoms with Crippen LogP contribution in [-0.2, 0) is 19.6 Å². The summed E-state index contributed by atoms with van der Waals surface area (Å²) in [7, 11) is -2.23. The molecule has 2 N–H and O–H groups in total. The lowest BCUT2D eigenvalue weighted by Crippen LogP contribution is -2.39. The first-order chi connectivity index (χ1) is 17.6. The summed E-state index contributed by atoms with van der Waals surface area (Å²) in [4.78, 5) is 24.3. The topological polar surface area (TPSA) is 126 Å². The van der Waals surface area contributed by atoms with Crippen LogP contribution in [0.25, 0.3) is 0 Å². The van der Waals surface area contributed by atoms with Crippen LogP contribution >= 0.6 is 0 Å². The van der Waals surface area contributed by atoms with Gasteiger partial charge in [-0.2, -0.15) is 5.10 Å². The molecular formula is C25H25FN4O6S. The number of hydrazone groups is 1. The van der Waals surface area contributed by atoms with E-state index < -0.39 is 28.3 Å². The number of hydrogen-bond acceptors (Lipinski definition) is 7. The van der Waals surface area contributed by atoms with Crippen LogP contribution < -0.4 is 24.5 Å². The lowest BCUT2D eigenvalue weighted by atomic mass is 10.2. The van der Waals surface area contributed by atoms with Crippen LogP contribution in [0.2, 0.25) is 0 Å². The minimum atomic E-state index is -3.79. The molecule has 0 unspecified atom stereocenters. The Hall–Kier alpha value is -4.45. The average molecular weight is 529 g/mol. The van der Waals surface area contributed by atoms with Gasteiger partial charge >= 0.3 is 0 Å². The fourth-order valence-corrected chi connectivity index (χ4v) is 3.88. The summed E-state index contributed by atoms with van der Waals surface area (Å²) in [5.41, 5.74) is 3.64. The van der Waals surface area contributed by atoms with E-state index >= 15 is 0 Å². The summed E-state index contributed by atoms with van der Waals surface area (Å²) in [6, 6.07) is 18.2. The molecule has 0 heterocycles. The summed E-state index contributed by atoms with van der Waals surface area (Å²) in [6.45, 7) is -0.729. The average Bonchev–Trinajstić information content (AvgIpc) is 2.87. The first-order valence-electron chi connectivity index (χ1n) is 10.9. The highest BCUT2D eigenvalue weighted by atomic mass is 32.2. The molecule has 12 heteroatoms. The van der Waals surface area contributed by atoms with Gasteiger partial charge in [0.15, 0.2) is 6.61 Å². The van der Waals surface area contributed by atoms with Crippen molar-refractivity contribution in [2.75, 3.05) is 36.1 Å². The van der Waals surface area contributed by atoms with Crippen molar-refractivity contribution in [1.29, 1.82) is 0 Å². The number of anilines is 2. The predicted octanol–water partition coefficient (Wildman–Crippen LogP) is 2.77. The Kier molecular flexibility index (Phi) is 9.16. The SMILES string of the molecule is COc1ccc(NC(=O)COc2ccc(/C=N\NC(=O)CN(c3ccc(F)cc3)S(C)(=O)=O)cc2)cc1. The molecule has 0 bridgehead atoms. The second kappa shape index (κ2) is 12.5. The molecule has 0 spiro atoms. The number of hydrogen-bond donors (Lipinski definition) is 2. The third kappa shape index (κ3) is 8.61. The van der Waals surface area contributed by atoms with Gasteiger partial charge in [-0.15, -0.1) is 0 Å². The maximum Gasteiger partial charge on any atom is 0.262 e. The van der Waals surface area contributed by atoms with Gasteiger partial charge in [0.05, 0.1) is 25.3 Å². The van der Waals surface area contributed by atoms with E-state index in [-0.39, 0.29) is 18.2 Å². The van der Waals surface area contributed by atoms with Crippen molar-refractivity contribution in [2.45, 2.75) is 0 Å². The zero-order chi connectivity index (χ0) is 26.8. The van der Waals surface area contributed by atoms with Crippen LogP contribution in [0.3, 0.4) is 0 Å². The van der Waals surface area contributed by atoms with Gasteiger partial charge < -0.3 is 14.8 Å². The Morgan fingerprint density at radius 1 is 0.946 bits per heavy atom. The lowest BCUT2D eigenvalue weighted by Gasteiger charge is -2.21. The van der Waals surface area contributed by atoms with Crippen LogP contribution in [0, 0.1) is 5.82 Å². The van der Waals surface area contributed by atoms with Crippen LogP contribution in [0.4, 0.5) is 15.8 Å². The number of amides is 2. The van der Waals surface area contributed by atoms with Crippen molar-refractivity contribution in [3.05, 3.63) is 84.2 Å². The molecule has 3 aromatic rings. The first kappa shape index (κ1) is 27.1. The van der Waals surface area contributed by atoms with Crippen molar-refractivity contribution in [3.8, 4) is 11.5 Å². The molecule has 2 amide bonds. The number of carbonyl (C=O) groups is 2. The Morgan fingerprint density at radius 3 is 2.16 bits per heavy atom. The van der Waals surface area contributed by atoms with Crippen LogP contribution in [0.15, 0.2) is 77.9 Å². The van der Waals surface area contributed by atoms with Crippen molar-refractivity contribution in [2.24, 2.45) is 5.10 Å². The van der Waals surface area contributed by atoms with Crippen molar-refractivity contribution in [3.63, 3.8) is 0 Å². The van der Waals surface area contributed by atoms with Crippen LogP contribution in [-0.4, -0.2) is 53.0 Å². The van der Waals surface area contributed by atoms with Crippen molar-refractivity contribution < 1.29 is 31.9 Å². The quantitative estimate of drug-likeness (QED) is 0.291. The number of halogens is 1. The zero-order valence-electron chi connectivity index (χ0n) is 20.0. The summed E-state index contributed by atoms with van der Waals surface area (Å²) < 4.78 is 48.7. The first-order valence-corrected chi connectivity index (χ1v) is 12.7. The third-order valence-electron chi connectivity index (χ3n) is 4.83. The summed E-state index contributed by atoms with van der Waals surface area (Å²) in [5, 5.41) is 6.54. The second-order valence-corrected chi connectivity index (χ2v) is 9.58. The number of nitrogens with zero attached hydrogens (tertiary/aromatic N) is 2. The lowest BCUT2D eigenvalue weighted by molar-refractivity contribution is -0.119. The molecule has 3 rings (SSSR count). The molecule has 10 nitrogen and oxygen atoms in total. The molecule has 0 radical (unpaired) electrons. The molecule has 0 saturated carbocycles. The highest BCUT2D eigenvalue weighted by Crippen LogP contribution is 2.18. The predicted molar refractivity (Wildman–Crippen MR) is 138 cm³/mol. The van der Waals surface area contributed by atoms with Crippen LogP contribution in [0.5, 0.6) is 11.5 Å². The van der Waals surface area contributed by atoms with Crippen molar-refractivity contribution in [1.82, 2.24) is 5.43 Å². The smallest absolute Gasteiger partial charge is 0.262 e. The van der Waals surface area contributed by atoms with Gasteiger partial charge in [-0.3, -0.25) is 13.9 Å². The van der Waals surface area contributed by atoms with Gasteiger partial charge in [-0.1, -0.05) is 0 Å². The van der Waals surface area contributed by atoms with Gasteiger partial charge in [0.25, 0.3) is 11.8 Å². The van der Waals surface area contributed by atoms with E-state index in [2.05, 4.69) is 15.8 Å². The van der Waals surface area contributed by atoms with Gasteiger partial charge in [0, 0.05) is 5.69 Å². The number of methoxy groups -OCH3 is 1. The molecule has 0 aliphatic rings. The van der Waals surface area contributed by atoms with Gasteiger partial charge in [0.1, 0.15) is 23.9 Å². The maximum atomic E-state index is 13.1. The Morgan fingerprint density at radius 2 is 1.57 bits per heavy atom. The van der Waals surface area contributed by atoms with Gasteiger partial charge in [0.2, 0.25) is 10.0 Å². The standard InChI is InChI=1S/C25H25FN4O6S/c1-35-22-13-7-20(8-14-22)28-25(32)17-36-23-11-3-18(4-12-23)15-27-29-24(31)16-30(37(2,33)34)21-9-5-19(26)6-10-21/h3-15H,16-17H2,1-2H3,(H,28,32)(H,29,31)/b27-15-. The normalized spacial score (nSPS) is 11.1. The highest BCUT2D eigenvalue weighted by molar-refractivity contribution is 7.92. The van der Waals surface area contributed by atoms with E-state index in [1.807, 2.05) is 0 Å². The van der Waals surface area contributed by atoms with E-state index in [1.54, 1.807) is 55.6 Å². The largest absolute Gasteiger partial charge is 0.497 e. The molecule has 0 aliphatic heterocycles. The molecule has 0 aromatic heterocycles. The number of sulfonamides is 1.